The smallest absolute Gasteiger partial charge is 0.255 e. The number of rotatable bonds is 1. The first-order chi connectivity index (χ1) is 8.47. The number of morpholine rings is 1. The van der Waals surface area contributed by atoms with Gasteiger partial charge < -0.3 is 9.64 Å². The van der Waals surface area contributed by atoms with Gasteiger partial charge in [-0.15, -0.1) is 0 Å². The Balaban J connectivity index is 2.22. The SMILES string of the molecule is C[C@@H]1CN(C(=O)c2cc(F)ccc2Br)C[C@H](C)O1. The van der Waals surface area contributed by atoms with Gasteiger partial charge in [0.15, 0.2) is 0 Å². The highest BCUT2D eigenvalue weighted by Crippen LogP contribution is 2.21. The Morgan fingerprint density at radius 3 is 2.61 bits per heavy atom. The molecule has 1 aromatic carbocycles. The second kappa shape index (κ2) is 5.36. The van der Waals surface area contributed by atoms with Gasteiger partial charge in [-0.3, -0.25) is 4.79 Å². The summed E-state index contributed by atoms with van der Waals surface area (Å²) in [6, 6.07) is 4.14. The summed E-state index contributed by atoms with van der Waals surface area (Å²) in [5.41, 5.74) is 0.358. The van der Waals surface area contributed by atoms with E-state index in [0.29, 0.717) is 23.1 Å². The van der Waals surface area contributed by atoms with E-state index in [9.17, 15) is 9.18 Å². The fraction of sp³-hybridized carbons (Fsp3) is 0.462. The molecular weight excluding hydrogens is 301 g/mol. The first kappa shape index (κ1) is 13.5. The van der Waals surface area contributed by atoms with Crippen LogP contribution in [0.4, 0.5) is 4.39 Å². The number of amides is 1. The summed E-state index contributed by atoms with van der Waals surface area (Å²) in [6.45, 7) is 4.92. The predicted octanol–water partition coefficient (Wildman–Crippen LogP) is 2.84. The first-order valence-corrected chi connectivity index (χ1v) is 6.66. The van der Waals surface area contributed by atoms with Crippen molar-refractivity contribution in [3.05, 3.63) is 34.1 Å². The Hall–Kier alpha value is -0.940. The Kier molecular flexibility index (Phi) is 4.02. The van der Waals surface area contributed by atoms with E-state index < -0.39 is 5.82 Å². The third-order valence-corrected chi connectivity index (χ3v) is 3.56. The van der Waals surface area contributed by atoms with E-state index in [0.717, 1.165) is 0 Å². The van der Waals surface area contributed by atoms with Crippen LogP contribution in [0.15, 0.2) is 22.7 Å². The maximum atomic E-state index is 13.2. The van der Waals surface area contributed by atoms with Crippen LogP contribution in [0.1, 0.15) is 24.2 Å². The average Bonchev–Trinajstić information content (AvgIpc) is 2.30. The van der Waals surface area contributed by atoms with E-state index in [1.54, 1.807) is 11.0 Å². The highest BCUT2D eigenvalue weighted by molar-refractivity contribution is 9.10. The molecule has 1 saturated heterocycles. The summed E-state index contributed by atoms with van der Waals surface area (Å²) in [7, 11) is 0. The van der Waals surface area contributed by atoms with Gasteiger partial charge in [0.25, 0.3) is 5.91 Å². The largest absolute Gasteiger partial charge is 0.372 e. The minimum Gasteiger partial charge on any atom is -0.372 e. The van der Waals surface area contributed by atoms with E-state index >= 15 is 0 Å². The Morgan fingerprint density at radius 1 is 1.39 bits per heavy atom. The lowest BCUT2D eigenvalue weighted by atomic mass is 10.1. The third-order valence-electron chi connectivity index (χ3n) is 2.87. The van der Waals surface area contributed by atoms with Crippen LogP contribution in [0.5, 0.6) is 0 Å². The van der Waals surface area contributed by atoms with Crippen LogP contribution in [-0.4, -0.2) is 36.1 Å². The van der Waals surface area contributed by atoms with Crippen LogP contribution in [-0.2, 0) is 4.74 Å². The number of hydrogen-bond donors (Lipinski definition) is 0. The lowest BCUT2D eigenvalue weighted by Crippen LogP contribution is -2.48. The number of hydrogen-bond acceptors (Lipinski definition) is 2. The molecule has 0 N–H and O–H groups in total. The number of ether oxygens (including phenoxy) is 1. The molecule has 18 heavy (non-hydrogen) atoms. The van der Waals surface area contributed by atoms with E-state index in [-0.39, 0.29) is 18.1 Å². The molecule has 98 valence electrons. The molecule has 0 radical (unpaired) electrons. The topological polar surface area (TPSA) is 29.5 Å². The molecule has 1 fully saturated rings. The van der Waals surface area contributed by atoms with E-state index in [1.165, 1.54) is 12.1 Å². The van der Waals surface area contributed by atoms with Crippen molar-refractivity contribution in [2.24, 2.45) is 0 Å². The summed E-state index contributed by atoms with van der Waals surface area (Å²) in [5, 5.41) is 0. The molecule has 5 heteroatoms. The van der Waals surface area contributed by atoms with Crippen molar-refractivity contribution >= 4 is 21.8 Å². The summed E-state index contributed by atoms with van der Waals surface area (Å²) in [4.78, 5) is 14.0. The second-order valence-corrected chi connectivity index (χ2v) is 5.45. The molecule has 1 aromatic rings. The quantitative estimate of drug-likeness (QED) is 0.797. The van der Waals surface area contributed by atoms with Gasteiger partial charge in [0, 0.05) is 17.6 Å². The molecule has 0 saturated carbocycles. The number of carbonyl (C=O) groups is 1. The Labute approximate surface area is 114 Å². The summed E-state index contributed by atoms with van der Waals surface area (Å²) >= 11 is 3.28. The zero-order valence-electron chi connectivity index (χ0n) is 10.3. The van der Waals surface area contributed by atoms with E-state index in [2.05, 4.69) is 15.9 Å². The van der Waals surface area contributed by atoms with Crippen LogP contribution in [0.25, 0.3) is 0 Å². The molecule has 0 unspecified atom stereocenters. The van der Waals surface area contributed by atoms with Crippen LogP contribution in [0, 0.1) is 5.82 Å². The zero-order valence-corrected chi connectivity index (χ0v) is 11.9. The van der Waals surface area contributed by atoms with Crippen molar-refractivity contribution in [1.82, 2.24) is 4.90 Å². The van der Waals surface area contributed by atoms with Crippen molar-refractivity contribution in [3.63, 3.8) is 0 Å². The second-order valence-electron chi connectivity index (χ2n) is 4.59. The molecule has 3 nitrogen and oxygen atoms in total. The standard InChI is InChI=1S/C13H15BrFNO2/c1-8-6-16(7-9(2)18-8)13(17)11-5-10(15)3-4-12(11)14/h3-5,8-9H,6-7H2,1-2H3/t8-,9+. The van der Waals surface area contributed by atoms with Crippen LogP contribution >= 0.6 is 15.9 Å². The lowest BCUT2D eigenvalue weighted by molar-refractivity contribution is -0.0586. The number of halogens is 2. The van der Waals surface area contributed by atoms with Gasteiger partial charge in [-0.1, -0.05) is 0 Å². The fourth-order valence-corrected chi connectivity index (χ4v) is 2.59. The minimum absolute atomic E-state index is 0.00466. The number of benzene rings is 1. The molecule has 0 aromatic heterocycles. The maximum Gasteiger partial charge on any atom is 0.255 e. The van der Waals surface area contributed by atoms with Gasteiger partial charge in [-0.2, -0.15) is 0 Å². The van der Waals surface area contributed by atoms with Crippen molar-refractivity contribution in [2.45, 2.75) is 26.1 Å². The molecular formula is C13H15BrFNO2. The summed E-state index contributed by atoms with van der Waals surface area (Å²) < 4.78 is 19.4. The molecule has 2 atom stereocenters. The van der Waals surface area contributed by atoms with Gasteiger partial charge >= 0.3 is 0 Å². The molecule has 0 bridgehead atoms. The lowest BCUT2D eigenvalue weighted by Gasteiger charge is -2.35. The van der Waals surface area contributed by atoms with Crippen molar-refractivity contribution in [2.75, 3.05) is 13.1 Å². The Morgan fingerprint density at radius 2 is 2.00 bits per heavy atom. The highest BCUT2D eigenvalue weighted by atomic mass is 79.9. The molecule has 2 rings (SSSR count). The van der Waals surface area contributed by atoms with Gasteiger partial charge in [0.1, 0.15) is 5.82 Å². The normalized spacial score (nSPS) is 24.1. The van der Waals surface area contributed by atoms with Crippen molar-refractivity contribution in [3.8, 4) is 0 Å². The molecule has 1 aliphatic heterocycles. The first-order valence-electron chi connectivity index (χ1n) is 5.87. The summed E-state index contributed by atoms with van der Waals surface area (Å²) in [6.07, 6.45) is 0.00932. The van der Waals surface area contributed by atoms with Crippen molar-refractivity contribution < 1.29 is 13.9 Å². The average molecular weight is 316 g/mol. The Bertz CT molecular complexity index is 456. The molecule has 0 aliphatic carbocycles. The van der Waals surface area contributed by atoms with Crippen LogP contribution in [0.2, 0.25) is 0 Å². The molecule has 1 aliphatic rings. The van der Waals surface area contributed by atoms with E-state index in [4.69, 9.17) is 4.74 Å². The molecule has 1 heterocycles. The summed E-state index contributed by atoms with van der Waals surface area (Å²) in [5.74, 6) is -0.570. The van der Waals surface area contributed by atoms with E-state index in [1.807, 2.05) is 13.8 Å². The van der Waals surface area contributed by atoms with Gasteiger partial charge in [0.2, 0.25) is 0 Å². The number of nitrogens with zero attached hydrogens (tertiary/aromatic N) is 1. The highest BCUT2D eigenvalue weighted by Gasteiger charge is 2.27. The fourth-order valence-electron chi connectivity index (χ4n) is 2.18. The van der Waals surface area contributed by atoms with Gasteiger partial charge in [0.05, 0.1) is 17.8 Å². The molecule has 0 spiro atoms. The minimum atomic E-state index is -0.407. The predicted molar refractivity (Wildman–Crippen MR) is 70.0 cm³/mol. The number of carbonyl (C=O) groups excluding carboxylic acids is 1. The van der Waals surface area contributed by atoms with Crippen LogP contribution in [0.3, 0.4) is 0 Å². The van der Waals surface area contributed by atoms with Gasteiger partial charge in [-0.05, 0) is 48.0 Å². The maximum absolute atomic E-state index is 13.2. The van der Waals surface area contributed by atoms with Crippen molar-refractivity contribution in [1.29, 1.82) is 0 Å². The van der Waals surface area contributed by atoms with Crippen LogP contribution < -0.4 is 0 Å². The third kappa shape index (κ3) is 2.90. The van der Waals surface area contributed by atoms with Gasteiger partial charge in [-0.25, -0.2) is 4.39 Å². The zero-order chi connectivity index (χ0) is 13.3. The molecule has 1 amide bonds. The monoisotopic (exact) mass is 315 g/mol.